The Morgan fingerprint density at radius 2 is 1.93 bits per heavy atom. The highest BCUT2D eigenvalue weighted by Crippen LogP contribution is 2.37. The smallest absolute Gasteiger partial charge is 0.264 e. The molecule has 0 saturated carbocycles. The number of anilines is 1. The van der Waals surface area contributed by atoms with Crippen molar-refractivity contribution in [3.63, 3.8) is 0 Å². The lowest BCUT2D eigenvalue weighted by molar-refractivity contribution is 0.0953. The van der Waals surface area contributed by atoms with Crippen LogP contribution in [0.2, 0.25) is 0 Å². The van der Waals surface area contributed by atoms with E-state index in [0.717, 1.165) is 30.5 Å². The number of nitrogens with one attached hydrogen (secondary N) is 1. The number of rotatable bonds is 6. The zero-order valence-corrected chi connectivity index (χ0v) is 16.2. The standard InChI is InChI=1S/C20H23FN2O3S/c1-3-4-11-22-20(24)15-5-10-19-16(13-15)12-14(2)23(19)27(25,26)18-8-6-17(21)7-9-18/h5-10,13-14H,3-4,11-12H2,1-2H3,(H,22,24)/t14-/m1/s1. The number of fused-ring (bicyclic) bond motifs is 1. The number of carbonyl (C=O) groups excluding carboxylic acids is 1. The van der Waals surface area contributed by atoms with Crippen molar-refractivity contribution < 1.29 is 17.6 Å². The molecule has 0 radical (unpaired) electrons. The Labute approximate surface area is 159 Å². The second kappa shape index (κ2) is 7.68. The van der Waals surface area contributed by atoms with E-state index in [2.05, 4.69) is 12.2 Å². The second-order valence-corrected chi connectivity index (χ2v) is 8.58. The second-order valence-electron chi connectivity index (χ2n) is 6.76. The molecule has 0 fully saturated rings. The molecule has 0 saturated heterocycles. The van der Waals surface area contributed by atoms with Crippen molar-refractivity contribution >= 4 is 21.6 Å². The fourth-order valence-electron chi connectivity index (χ4n) is 3.31. The number of benzene rings is 2. The van der Waals surface area contributed by atoms with E-state index >= 15 is 0 Å². The van der Waals surface area contributed by atoms with Crippen LogP contribution in [0.25, 0.3) is 0 Å². The molecule has 0 aromatic heterocycles. The Hall–Kier alpha value is -2.41. The molecule has 1 heterocycles. The van der Waals surface area contributed by atoms with E-state index in [0.29, 0.717) is 24.2 Å². The lowest BCUT2D eigenvalue weighted by atomic mass is 10.1. The lowest BCUT2D eigenvalue weighted by Gasteiger charge is -2.24. The molecule has 2 aromatic rings. The third-order valence-corrected chi connectivity index (χ3v) is 6.62. The van der Waals surface area contributed by atoms with E-state index in [1.54, 1.807) is 18.2 Å². The molecule has 1 N–H and O–H groups in total. The van der Waals surface area contributed by atoms with Crippen LogP contribution >= 0.6 is 0 Å². The topological polar surface area (TPSA) is 66.5 Å². The Balaban J connectivity index is 1.89. The van der Waals surface area contributed by atoms with Crippen LogP contribution in [0.3, 0.4) is 0 Å². The zero-order chi connectivity index (χ0) is 19.6. The van der Waals surface area contributed by atoms with Crippen LogP contribution in [0.15, 0.2) is 47.4 Å². The Morgan fingerprint density at radius 3 is 2.59 bits per heavy atom. The highest BCUT2D eigenvalue weighted by atomic mass is 32.2. The molecule has 0 unspecified atom stereocenters. The number of amides is 1. The van der Waals surface area contributed by atoms with E-state index in [1.807, 2.05) is 6.92 Å². The molecule has 1 amide bonds. The van der Waals surface area contributed by atoms with Crippen LogP contribution in [0, 0.1) is 5.82 Å². The lowest BCUT2D eigenvalue weighted by Crippen LogP contribution is -2.35. The van der Waals surface area contributed by atoms with Gasteiger partial charge < -0.3 is 5.32 Å². The molecule has 1 atom stereocenters. The van der Waals surface area contributed by atoms with Crippen molar-refractivity contribution in [2.45, 2.75) is 44.0 Å². The van der Waals surface area contributed by atoms with Crippen LogP contribution in [0.5, 0.6) is 0 Å². The maximum absolute atomic E-state index is 13.2. The number of nitrogens with zero attached hydrogens (tertiary/aromatic N) is 1. The summed E-state index contributed by atoms with van der Waals surface area (Å²) in [4.78, 5) is 12.3. The summed E-state index contributed by atoms with van der Waals surface area (Å²) in [5, 5.41) is 2.87. The predicted octanol–water partition coefficient (Wildman–Crippen LogP) is 3.50. The first-order valence-corrected chi connectivity index (χ1v) is 10.5. The van der Waals surface area contributed by atoms with Crippen molar-refractivity contribution in [2.75, 3.05) is 10.8 Å². The first-order valence-electron chi connectivity index (χ1n) is 9.05. The quantitative estimate of drug-likeness (QED) is 0.768. The molecular weight excluding hydrogens is 367 g/mol. The zero-order valence-electron chi connectivity index (χ0n) is 15.4. The number of unbranched alkanes of at least 4 members (excludes halogenated alkanes) is 1. The van der Waals surface area contributed by atoms with Crippen molar-refractivity contribution in [3.8, 4) is 0 Å². The van der Waals surface area contributed by atoms with Crippen LogP contribution in [0.1, 0.15) is 42.6 Å². The molecule has 3 rings (SSSR count). The summed E-state index contributed by atoms with van der Waals surface area (Å²) in [7, 11) is -3.80. The van der Waals surface area contributed by atoms with Crippen LogP contribution < -0.4 is 9.62 Å². The Morgan fingerprint density at radius 1 is 1.22 bits per heavy atom. The number of hydrogen-bond acceptors (Lipinski definition) is 3. The normalized spacial score (nSPS) is 16.3. The molecule has 2 aromatic carbocycles. The van der Waals surface area contributed by atoms with Crippen molar-refractivity contribution in [3.05, 3.63) is 59.4 Å². The fourth-order valence-corrected chi connectivity index (χ4v) is 5.00. The largest absolute Gasteiger partial charge is 0.352 e. The third-order valence-electron chi connectivity index (χ3n) is 4.68. The van der Waals surface area contributed by atoms with Gasteiger partial charge in [-0.2, -0.15) is 0 Å². The molecule has 27 heavy (non-hydrogen) atoms. The van der Waals surface area contributed by atoms with Gasteiger partial charge in [0.15, 0.2) is 0 Å². The van der Waals surface area contributed by atoms with Crippen LogP contribution in [-0.4, -0.2) is 26.9 Å². The number of carbonyl (C=O) groups is 1. The summed E-state index contributed by atoms with van der Waals surface area (Å²) in [5.41, 5.74) is 1.91. The minimum atomic E-state index is -3.80. The molecule has 0 spiro atoms. The molecule has 5 nitrogen and oxygen atoms in total. The highest BCUT2D eigenvalue weighted by Gasteiger charge is 2.36. The maximum Gasteiger partial charge on any atom is 0.264 e. The van der Waals surface area contributed by atoms with Gasteiger partial charge in [0, 0.05) is 18.2 Å². The molecular formula is C20H23FN2O3S. The van der Waals surface area contributed by atoms with Gasteiger partial charge in [0.05, 0.1) is 10.6 Å². The van der Waals surface area contributed by atoms with Gasteiger partial charge in [0.2, 0.25) is 0 Å². The monoisotopic (exact) mass is 390 g/mol. The fraction of sp³-hybridized carbons (Fsp3) is 0.350. The SMILES string of the molecule is CCCCNC(=O)c1ccc2c(c1)C[C@@H](C)N2S(=O)(=O)c1ccc(F)cc1. The number of halogens is 1. The average Bonchev–Trinajstić information content (AvgIpc) is 2.97. The average molecular weight is 390 g/mol. The summed E-state index contributed by atoms with van der Waals surface area (Å²) in [6.45, 7) is 4.50. The van der Waals surface area contributed by atoms with Crippen LogP contribution in [-0.2, 0) is 16.4 Å². The van der Waals surface area contributed by atoms with Gasteiger partial charge in [-0.05, 0) is 67.8 Å². The van der Waals surface area contributed by atoms with E-state index in [-0.39, 0.29) is 16.8 Å². The predicted molar refractivity (Wildman–Crippen MR) is 103 cm³/mol. The van der Waals surface area contributed by atoms with Gasteiger partial charge in [-0.1, -0.05) is 13.3 Å². The van der Waals surface area contributed by atoms with Crippen LogP contribution in [0.4, 0.5) is 10.1 Å². The van der Waals surface area contributed by atoms with Crippen molar-refractivity contribution in [1.82, 2.24) is 5.32 Å². The van der Waals surface area contributed by atoms with E-state index < -0.39 is 15.8 Å². The number of hydrogen-bond donors (Lipinski definition) is 1. The van der Waals surface area contributed by atoms with Gasteiger partial charge in [-0.15, -0.1) is 0 Å². The van der Waals surface area contributed by atoms with Gasteiger partial charge in [0.1, 0.15) is 5.82 Å². The highest BCUT2D eigenvalue weighted by molar-refractivity contribution is 7.92. The molecule has 1 aliphatic rings. The summed E-state index contributed by atoms with van der Waals surface area (Å²) in [6.07, 6.45) is 2.43. The summed E-state index contributed by atoms with van der Waals surface area (Å²) in [6, 6.07) is 9.60. The summed E-state index contributed by atoms with van der Waals surface area (Å²) >= 11 is 0. The summed E-state index contributed by atoms with van der Waals surface area (Å²) < 4.78 is 40.6. The van der Waals surface area contributed by atoms with Gasteiger partial charge in [-0.25, -0.2) is 12.8 Å². The Kier molecular flexibility index (Phi) is 5.51. The maximum atomic E-state index is 13.2. The van der Waals surface area contributed by atoms with E-state index in [4.69, 9.17) is 0 Å². The first-order chi connectivity index (χ1) is 12.8. The Bertz CT molecular complexity index is 942. The van der Waals surface area contributed by atoms with Gasteiger partial charge >= 0.3 is 0 Å². The molecule has 144 valence electrons. The van der Waals surface area contributed by atoms with E-state index in [9.17, 15) is 17.6 Å². The summed E-state index contributed by atoms with van der Waals surface area (Å²) in [5.74, 6) is -0.638. The van der Waals surface area contributed by atoms with Crippen molar-refractivity contribution in [1.29, 1.82) is 0 Å². The third kappa shape index (κ3) is 3.83. The van der Waals surface area contributed by atoms with E-state index in [1.165, 1.54) is 16.4 Å². The minimum Gasteiger partial charge on any atom is -0.352 e. The molecule has 0 bridgehead atoms. The molecule has 7 heteroatoms. The molecule has 0 aliphatic carbocycles. The van der Waals surface area contributed by atoms with Gasteiger partial charge in [0.25, 0.3) is 15.9 Å². The van der Waals surface area contributed by atoms with Gasteiger partial charge in [-0.3, -0.25) is 9.10 Å². The first kappa shape index (κ1) is 19.4. The number of sulfonamides is 1. The van der Waals surface area contributed by atoms with Crippen molar-refractivity contribution in [2.24, 2.45) is 0 Å². The minimum absolute atomic E-state index is 0.0463. The molecule has 1 aliphatic heterocycles.